The van der Waals surface area contributed by atoms with Crippen molar-refractivity contribution in [1.29, 1.82) is 0 Å². The van der Waals surface area contributed by atoms with Crippen LogP contribution in [0.3, 0.4) is 0 Å². The van der Waals surface area contributed by atoms with Crippen LogP contribution in [0.4, 0.5) is 5.69 Å². The Morgan fingerprint density at radius 2 is 1.67 bits per heavy atom. The lowest BCUT2D eigenvalue weighted by atomic mass is 9.94. The van der Waals surface area contributed by atoms with E-state index in [2.05, 4.69) is 62.5 Å². The van der Waals surface area contributed by atoms with E-state index in [0.29, 0.717) is 6.61 Å². The van der Waals surface area contributed by atoms with Gasteiger partial charge in [0, 0.05) is 30.0 Å². The van der Waals surface area contributed by atoms with Crippen LogP contribution in [0.15, 0.2) is 42.6 Å². The third-order valence-electron chi connectivity index (χ3n) is 4.33. The van der Waals surface area contributed by atoms with Crippen LogP contribution in [0.1, 0.15) is 16.7 Å². The lowest BCUT2D eigenvalue weighted by Gasteiger charge is -2.16. The number of aromatic nitrogens is 1. The third kappa shape index (κ3) is 3.13. The molecular weight excluding hydrogens is 296 g/mol. The molecule has 0 saturated heterocycles. The number of hydrogen-bond acceptors (Lipinski definition) is 3. The van der Waals surface area contributed by atoms with E-state index in [0.717, 1.165) is 17.9 Å². The fourth-order valence-electron chi connectivity index (χ4n) is 3.37. The van der Waals surface area contributed by atoms with Gasteiger partial charge >= 0.3 is 0 Å². The fourth-order valence-corrected chi connectivity index (χ4v) is 3.37. The maximum Gasteiger partial charge on any atom is 0.0787 e. The normalized spacial score (nSPS) is 11.0. The number of fused-ring (bicyclic) bond motifs is 1. The monoisotopic (exact) mass is 320 g/mol. The molecule has 0 bridgehead atoms. The van der Waals surface area contributed by atoms with Gasteiger partial charge in [-0.25, -0.2) is 0 Å². The van der Waals surface area contributed by atoms with E-state index in [9.17, 15) is 0 Å². The summed E-state index contributed by atoms with van der Waals surface area (Å²) >= 11 is 0. The molecule has 0 saturated carbocycles. The highest BCUT2D eigenvalue weighted by molar-refractivity contribution is 6.02. The first-order valence-electron chi connectivity index (χ1n) is 8.30. The van der Waals surface area contributed by atoms with E-state index in [1.54, 1.807) is 7.11 Å². The average Bonchev–Trinajstić information content (AvgIpc) is 2.55. The SMILES string of the molecule is COCCNc1cnc(-c2c(C)cc(C)cc2C)c2ccccc12. The van der Waals surface area contributed by atoms with Crippen LogP contribution >= 0.6 is 0 Å². The van der Waals surface area contributed by atoms with Crippen molar-refractivity contribution in [3.8, 4) is 11.3 Å². The molecule has 1 N–H and O–H groups in total. The second-order valence-electron chi connectivity index (χ2n) is 6.26. The van der Waals surface area contributed by atoms with Gasteiger partial charge in [0.05, 0.1) is 24.2 Å². The zero-order chi connectivity index (χ0) is 17.1. The molecule has 0 spiro atoms. The maximum absolute atomic E-state index is 5.13. The minimum atomic E-state index is 0.673. The van der Waals surface area contributed by atoms with Crippen LogP contribution in [0.2, 0.25) is 0 Å². The molecule has 0 aliphatic rings. The standard InChI is InChI=1S/C21H24N2O/c1-14-11-15(2)20(16(3)12-14)21-18-8-6-5-7-17(18)19(13-23-21)22-9-10-24-4/h5-8,11-13,22H,9-10H2,1-4H3. The highest BCUT2D eigenvalue weighted by Gasteiger charge is 2.13. The average molecular weight is 320 g/mol. The van der Waals surface area contributed by atoms with Crippen LogP contribution in [-0.2, 0) is 4.74 Å². The Kier molecular flexibility index (Phi) is 4.81. The molecule has 3 rings (SSSR count). The Labute approximate surface area is 143 Å². The molecule has 0 aliphatic carbocycles. The van der Waals surface area contributed by atoms with E-state index < -0.39 is 0 Å². The van der Waals surface area contributed by atoms with Crippen molar-refractivity contribution >= 4 is 16.5 Å². The molecule has 0 aliphatic heterocycles. The van der Waals surface area contributed by atoms with Crippen LogP contribution in [0.5, 0.6) is 0 Å². The minimum absolute atomic E-state index is 0.673. The highest BCUT2D eigenvalue weighted by Crippen LogP contribution is 2.34. The van der Waals surface area contributed by atoms with E-state index >= 15 is 0 Å². The number of nitrogens with zero attached hydrogens (tertiary/aromatic N) is 1. The highest BCUT2D eigenvalue weighted by atomic mass is 16.5. The summed E-state index contributed by atoms with van der Waals surface area (Å²) in [5.74, 6) is 0. The first-order valence-corrected chi connectivity index (χ1v) is 8.30. The van der Waals surface area contributed by atoms with Crippen LogP contribution in [0, 0.1) is 20.8 Å². The number of methoxy groups -OCH3 is 1. The molecule has 3 heteroatoms. The molecule has 3 nitrogen and oxygen atoms in total. The Hall–Kier alpha value is -2.39. The molecule has 0 radical (unpaired) electrons. The molecule has 24 heavy (non-hydrogen) atoms. The Balaban J connectivity index is 2.16. The van der Waals surface area contributed by atoms with Gasteiger partial charge in [-0.3, -0.25) is 4.98 Å². The zero-order valence-corrected chi connectivity index (χ0v) is 14.8. The number of rotatable bonds is 5. The van der Waals surface area contributed by atoms with E-state index in [4.69, 9.17) is 9.72 Å². The second kappa shape index (κ2) is 7.02. The smallest absolute Gasteiger partial charge is 0.0787 e. The summed E-state index contributed by atoms with van der Waals surface area (Å²) < 4.78 is 5.13. The van der Waals surface area contributed by atoms with E-state index in [-0.39, 0.29) is 0 Å². The third-order valence-corrected chi connectivity index (χ3v) is 4.33. The van der Waals surface area contributed by atoms with Crippen LogP contribution in [0.25, 0.3) is 22.0 Å². The van der Waals surface area contributed by atoms with Gasteiger partial charge in [-0.15, -0.1) is 0 Å². The molecule has 0 amide bonds. The first kappa shape index (κ1) is 16.5. The molecule has 1 aromatic heterocycles. The molecule has 0 fully saturated rings. The Bertz CT molecular complexity index is 848. The summed E-state index contributed by atoms with van der Waals surface area (Å²) in [5, 5.41) is 5.79. The minimum Gasteiger partial charge on any atom is -0.383 e. The molecule has 0 atom stereocenters. The number of hydrogen-bond donors (Lipinski definition) is 1. The summed E-state index contributed by atoms with van der Waals surface area (Å²) in [6, 6.07) is 12.9. The molecule has 3 aromatic rings. The Morgan fingerprint density at radius 3 is 2.33 bits per heavy atom. The Morgan fingerprint density at radius 1 is 1.00 bits per heavy atom. The molecule has 2 aromatic carbocycles. The van der Waals surface area contributed by atoms with Gasteiger partial charge in [-0.1, -0.05) is 42.0 Å². The summed E-state index contributed by atoms with van der Waals surface area (Å²) in [7, 11) is 1.71. The lowest BCUT2D eigenvalue weighted by molar-refractivity contribution is 0.211. The lowest BCUT2D eigenvalue weighted by Crippen LogP contribution is -2.08. The molecule has 124 valence electrons. The summed E-state index contributed by atoms with van der Waals surface area (Å²) in [6.07, 6.45) is 1.94. The van der Waals surface area contributed by atoms with E-state index in [1.807, 2.05) is 6.20 Å². The summed E-state index contributed by atoms with van der Waals surface area (Å²) in [6.45, 7) is 7.90. The number of nitrogens with one attached hydrogen (secondary N) is 1. The molecule has 1 heterocycles. The van der Waals surface area contributed by atoms with Crippen molar-refractivity contribution in [2.24, 2.45) is 0 Å². The van der Waals surface area contributed by atoms with Crippen molar-refractivity contribution in [1.82, 2.24) is 4.98 Å². The number of anilines is 1. The van der Waals surface area contributed by atoms with Crippen LogP contribution in [-0.4, -0.2) is 25.2 Å². The number of pyridine rings is 1. The maximum atomic E-state index is 5.13. The quantitative estimate of drug-likeness (QED) is 0.680. The first-order chi connectivity index (χ1) is 11.6. The second-order valence-corrected chi connectivity index (χ2v) is 6.26. The summed E-state index contributed by atoms with van der Waals surface area (Å²) in [4.78, 5) is 4.80. The fraction of sp³-hybridized carbons (Fsp3) is 0.286. The largest absolute Gasteiger partial charge is 0.383 e. The predicted molar refractivity (Wildman–Crippen MR) is 102 cm³/mol. The van der Waals surface area contributed by atoms with Gasteiger partial charge in [0.2, 0.25) is 0 Å². The van der Waals surface area contributed by atoms with Gasteiger partial charge in [0.1, 0.15) is 0 Å². The van der Waals surface area contributed by atoms with Crippen molar-refractivity contribution in [3.05, 3.63) is 59.3 Å². The van der Waals surface area contributed by atoms with Crippen LogP contribution < -0.4 is 5.32 Å². The van der Waals surface area contributed by atoms with Gasteiger partial charge in [0.25, 0.3) is 0 Å². The summed E-state index contributed by atoms with van der Waals surface area (Å²) in [5.41, 5.74) is 7.17. The number of benzene rings is 2. The zero-order valence-electron chi connectivity index (χ0n) is 14.8. The molecule has 0 unspecified atom stereocenters. The predicted octanol–water partition coefficient (Wildman–Crippen LogP) is 4.89. The van der Waals surface area contributed by atoms with Gasteiger partial charge in [-0.05, 0) is 31.9 Å². The number of ether oxygens (including phenoxy) is 1. The van der Waals surface area contributed by atoms with Crippen molar-refractivity contribution < 1.29 is 4.74 Å². The van der Waals surface area contributed by atoms with Gasteiger partial charge in [0.15, 0.2) is 0 Å². The van der Waals surface area contributed by atoms with Crippen molar-refractivity contribution in [2.45, 2.75) is 20.8 Å². The molecular formula is C21H24N2O. The topological polar surface area (TPSA) is 34.1 Å². The van der Waals surface area contributed by atoms with Crippen molar-refractivity contribution in [3.63, 3.8) is 0 Å². The van der Waals surface area contributed by atoms with Crippen molar-refractivity contribution in [2.75, 3.05) is 25.6 Å². The van der Waals surface area contributed by atoms with E-state index in [1.165, 1.54) is 33.0 Å². The van der Waals surface area contributed by atoms with Gasteiger partial charge in [-0.2, -0.15) is 0 Å². The van der Waals surface area contributed by atoms with Gasteiger partial charge < -0.3 is 10.1 Å². The number of aryl methyl sites for hydroxylation is 3.